The van der Waals surface area contributed by atoms with Crippen molar-refractivity contribution >= 4 is 0 Å². The van der Waals surface area contributed by atoms with Gasteiger partial charge in [-0.05, 0) is 44.4 Å². The van der Waals surface area contributed by atoms with Gasteiger partial charge in [-0.3, -0.25) is 4.90 Å². The third-order valence-corrected chi connectivity index (χ3v) is 5.23. The zero-order chi connectivity index (χ0) is 12.6. The van der Waals surface area contributed by atoms with E-state index in [4.69, 9.17) is 4.74 Å². The first-order valence-corrected chi connectivity index (χ1v) is 7.80. The van der Waals surface area contributed by atoms with Crippen LogP contribution in [-0.4, -0.2) is 49.3 Å². The van der Waals surface area contributed by atoms with Crippen LogP contribution in [0.1, 0.15) is 39.5 Å². The molecule has 0 spiro atoms. The third kappa shape index (κ3) is 2.59. The standard InChI is InChI=1S/C15H28N2O/c1-3-14-12(6-9-18-14)10-17-8-7-16-15(2,11-17)13-4-5-13/h12-14,16H,3-11H2,1-2H3. The normalized spacial score (nSPS) is 42.3. The molecule has 3 unspecified atom stereocenters. The fraction of sp³-hybridized carbons (Fsp3) is 1.00. The molecule has 1 aliphatic carbocycles. The number of nitrogens with zero attached hydrogens (tertiary/aromatic N) is 1. The van der Waals surface area contributed by atoms with Gasteiger partial charge in [0.15, 0.2) is 0 Å². The molecule has 3 heteroatoms. The molecule has 1 saturated carbocycles. The summed E-state index contributed by atoms with van der Waals surface area (Å²) in [6.07, 6.45) is 5.83. The van der Waals surface area contributed by atoms with Crippen molar-refractivity contribution in [2.24, 2.45) is 11.8 Å². The monoisotopic (exact) mass is 252 g/mol. The molecule has 1 N–H and O–H groups in total. The van der Waals surface area contributed by atoms with Gasteiger partial charge in [0.05, 0.1) is 6.10 Å². The van der Waals surface area contributed by atoms with Crippen LogP contribution in [0.15, 0.2) is 0 Å². The van der Waals surface area contributed by atoms with Crippen LogP contribution in [0.4, 0.5) is 0 Å². The molecule has 0 bridgehead atoms. The summed E-state index contributed by atoms with van der Waals surface area (Å²) in [5, 5.41) is 3.76. The van der Waals surface area contributed by atoms with Crippen LogP contribution in [0, 0.1) is 11.8 Å². The minimum absolute atomic E-state index is 0.388. The van der Waals surface area contributed by atoms with E-state index in [9.17, 15) is 0 Å². The fourth-order valence-corrected chi connectivity index (χ4v) is 3.93. The molecule has 3 fully saturated rings. The number of nitrogens with one attached hydrogen (secondary N) is 1. The summed E-state index contributed by atoms with van der Waals surface area (Å²) in [7, 11) is 0. The van der Waals surface area contributed by atoms with E-state index in [0.29, 0.717) is 11.6 Å². The first kappa shape index (κ1) is 12.9. The Hall–Kier alpha value is -0.120. The Bertz CT molecular complexity index is 292. The number of hydrogen-bond donors (Lipinski definition) is 1. The van der Waals surface area contributed by atoms with Crippen LogP contribution in [0.3, 0.4) is 0 Å². The Morgan fingerprint density at radius 2 is 2.17 bits per heavy atom. The van der Waals surface area contributed by atoms with E-state index in [1.807, 2.05) is 0 Å². The highest BCUT2D eigenvalue weighted by Gasteiger charge is 2.44. The van der Waals surface area contributed by atoms with Crippen LogP contribution in [0.25, 0.3) is 0 Å². The first-order chi connectivity index (χ1) is 8.71. The van der Waals surface area contributed by atoms with E-state index in [1.165, 1.54) is 45.3 Å². The third-order valence-electron chi connectivity index (χ3n) is 5.23. The summed E-state index contributed by atoms with van der Waals surface area (Å²) in [6.45, 7) is 10.5. The quantitative estimate of drug-likeness (QED) is 0.827. The molecule has 0 radical (unpaired) electrons. The lowest BCUT2D eigenvalue weighted by molar-refractivity contribution is 0.0598. The number of rotatable bonds is 4. The van der Waals surface area contributed by atoms with Gasteiger partial charge < -0.3 is 10.1 Å². The second-order valence-corrected chi connectivity index (χ2v) is 6.72. The van der Waals surface area contributed by atoms with E-state index in [1.54, 1.807) is 0 Å². The van der Waals surface area contributed by atoms with Gasteiger partial charge in [0.2, 0.25) is 0 Å². The first-order valence-electron chi connectivity index (χ1n) is 7.80. The van der Waals surface area contributed by atoms with Crippen LogP contribution < -0.4 is 5.32 Å². The van der Waals surface area contributed by atoms with E-state index < -0.39 is 0 Å². The van der Waals surface area contributed by atoms with Crippen molar-refractivity contribution in [2.75, 3.05) is 32.8 Å². The Labute approximate surface area is 111 Å². The molecule has 0 aromatic carbocycles. The van der Waals surface area contributed by atoms with Gasteiger partial charge in [-0.2, -0.15) is 0 Å². The van der Waals surface area contributed by atoms with Gasteiger partial charge in [-0.1, -0.05) is 6.92 Å². The fourth-order valence-electron chi connectivity index (χ4n) is 3.93. The van der Waals surface area contributed by atoms with Gasteiger partial charge in [0, 0.05) is 38.3 Å². The van der Waals surface area contributed by atoms with Crippen LogP contribution >= 0.6 is 0 Å². The summed E-state index contributed by atoms with van der Waals surface area (Å²) in [5.74, 6) is 1.71. The number of hydrogen-bond acceptors (Lipinski definition) is 3. The lowest BCUT2D eigenvalue weighted by Gasteiger charge is -2.43. The minimum atomic E-state index is 0.388. The van der Waals surface area contributed by atoms with E-state index >= 15 is 0 Å². The summed E-state index contributed by atoms with van der Waals surface area (Å²) in [5.41, 5.74) is 0.388. The molecule has 2 saturated heterocycles. The average Bonchev–Trinajstić information content (AvgIpc) is 3.12. The maximum absolute atomic E-state index is 5.83. The highest BCUT2D eigenvalue weighted by atomic mass is 16.5. The van der Waals surface area contributed by atoms with E-state index in [2.05, 4.69) is 24.1 Å². The molecule has 3 nitrogen and oxygen atoms in total. The van der Waals surface area contributed by atoms with E-state index in [-0.39, 0.29) is 0 Å². The van der Waals surface area contributed by atoms with Crippen molar-refractivity contribution in [3.05, 3.63) is 0 Å². The summed E-state index contributed by atoms with van der Waals surface area (Å²) < 4.78 is 5.83. The second-order valence-electron chi connectivity index (χ2n) is 6.72. The topological polar surface area (TPSA) is 24.5 Å². The van der Waals surface area contributed by atoms with Gasteiger partial charge in [0.25, 0.3) is 0 Å². The predicted octanol–water partition coefficient (Wildman–Crippen LogP) is 1.88. The van der Waals surface area contributed by atoms with Crippen molar-refractivity contribution in [2.45, 2.75) is 51.2 Å². The van der Waals surface area contributed by atoms with Crippen molar-refractivity contribution in [3.63, 3.8) is 0 Å². The number of piperazine rings is 1. The average molecular weight is 252 g/mol. The maximum Gasteiger partial charge on any atom is 0.0613 e. The van der Waals surface area contributed by atoms with Crippen molar-refractivity contribution in [1.29, 1.82) is 0 Å². The second kappa shape index (κ2) is 5.10. The van der Waals surface area contributed by atoms with Crippen LogP contribution in [0.5, 0.6) is 0 Å². The van der Waals surface area contributed by atoms with Gasteiger partial charge in [-0.25, -0.2) is 0 Å². The predicted molar refractivity (Wildman–Crippen MR) is 73.7 cm³/mol. The molecule has 3 rings (SSSR count). The molecule has 18 heavy (non-hydrogen) atoms. The number of ether oxygens (including phenoxy) is 1. The molecule has 2 aliphatic heterocycles. The smallest absolute Gasteiger partial charge is 0.0613 e. The minimum Gasteiger partial charge on any atom is -0.378 e. The van der Waals surface area contributed by atoms with E-state index in [0.717, 1.165) is 25.0 Å². The Morgan fingerprint density at radius 3 is 2.89 bits per heavy atom. The lowest BCUT2D eigenvalue weighted by atomic mass is 9.91. The van der Waals surface area contributed by atoms with Crippen molar-refractivity contribution in [3.8, 4) is 0 Å². The molecule has 2 heterocycles. The summed E-state index contributed by atoms with van der Waals surface area (Å²) in [6, 6.07) is 0. The van der Waals surface area contributed by atoms with Gasteiger partial charge >= 0.3 is 0 Å². The molecule has 0 aromatic rings. The summed E-state index contributed by atoms with van der Waals surface area (Å²) in [4.78, 5) is 2.69. The molecule has 104 valence electrons. The van der Waals surface area contributed by atoms with Gasteiger partial charge in [-0.15, -0.1) is 0 Å². The van der Waals surface area contributed by atoms with Crippen LogP contribution in [-0.2, 0) is 4.74 Å². The molecule has 0 amide bonds. The lowest BCUT2D eigenvalue weighted by Crippen LogP contribution is -2.60. The molecule has 0 aromatic heterocycles. The molecular weight excluding hydrogens is 224 g/mol. The zero-order valence-corrected chi connectivity index (χ0v) is 12.0. The molecule has 3 atom stereocenters. The Balaban J connectivity index is 1.56. The Kier molecular flexibility index (Phi) is 3.65. The van der Waals surface area contributed by atoms with Crippen molar-refractivity contribution < 1.29 is 4.74 Å². The molecule has 3 aliphatic rings. The van der Waals surface area contributed by atoms with Gasteiger partial charge in [0.1, 0.15) is 0 Å². The van der Waals surface area contributed by atoms with Crippen LogP contribution in [0.2, 0.25) is 0 Å². The molecular formula is C15H28N2O. The maximum atomic E-state index is 5.83. The Morgan fingerprint density at radius 1 is 1.33 bits per heavy atom. The largest absolute Gasteiger partial charge is 0.378 e. The highest BCUT2D eigenvalue weighted by Crippen LogP contribution is 2.41. The summed E-state index contributed by atoms with van der Waals surface area (Å²) >= 11 is 0. The highest BCUT2D eigenvalue weighted by molar-refractivity contribution is 5.02. The van der Waals surface area contributed by atoms with Crippen molar-refractivity contribution in [1.82, 2.24) is 10.2 Å². The zero-order valence-electron chi connectivity index (χ0n) is 12.0. The SMILES string of the molecule is CCC1OCCC1CN1CCNC(C)(C2CC2)C1.